The van der Waals surface area contributed by atoms with Crippen LogP contribution in [0.4, 0.5) is 5.69 Å². The van der Waals surface area contributed by atoms with Gasteiger partial charge in [-0.05, 0) is 32.0 Å². The van der Waals surface area contributed by atoms with Gasteiger partial charge < -0.3 is 10.0 Å². The van der Waals surface area contributed by atoms with Crippen LogP contribution in [0, 0.1) is 0 Å². The van der Waals surface area contributed by atoms with Gasteiger partial charge in [-0.3, -0.25) is 14.3 Å². The van der Waals surface area contributed by atoms with Crippen molar-refractivity contribution in [2.75, 3.05) is 37.6 Å². The molecule has 3 aromatic rings. The van der Waals surface area contributed by atoms with Crippen molar-refractivity contribution < 1.29 is 5.11 Å². The number of aromatic nitrogens is 3. The summed E-state index contributed by atoms with van der Waals surface area (Å²) < 4.78 is 1.66. The van der Waals surface area contributed by atoms with Gasteiger partial charge in [0.05, 0.1) is 28.4 Å². The van der Waals surface area contributed by atoms with Gasteiger partial charge in [0.15, 0.2) is 0 Å². The van der Waals surface area contributed by atoms with E-state index in [0.717, 1.165) is 43.1 Å². The van der Waals surface area contributed by atoms with Crippen LogP contribution < -0.4 is 10.5 Å². The molecule has 28 heavy (non-hydrogen) atoms. The molecule has 148 valence electrons. The van der Waals surface area contributed by atoms with E-state index in [1.165, 1.54) is 11.3 Å². The zero-order valence-corrected chi connectivity index (χ0v) is 17.0. The number of piperazine rings is 1. The Hall–Kier alpha value is -2.29. The molecule has 8 heteroatoms. The Morgan fingerprint density at radius 2 is 1.96 bits per heavy atom. The van der Waals surface area contributed by atoms with Crippen molar-refractivity contribution >= 4 is 27.9 Å². The Labute approximate surface area is 167 Å². The third-order valence-corrected chi connectivity index (χ3v) is 5.89. The molecule has 1 atom stereocenters. The molecule has 3 heterocycles. The van der Waals surface area contributed by atoms with Crippen molar-refractivity contribution in [3.05, 3.63) is 51.5 Å². The largest absolute Gasteiger partial charge is 0.385 e. The van der Waals surface area contributed by atoms with Crippen molar-refractivity contribution in [1.29, 1.82) is 0 Å². The number of benzene rings is 1. The summed E-state index contributed by atoms with van der Waals surface area (Å²) in [7, 11) is 0. The SMILES string of the molecule is CC(C)n1cnc2cc(N3CCN(CC(O)c4cscn4)CC3)ccc2c1=O. The van der Waals surface area contributed by atoms with E-state index in [2.05, 4.69) is 19.8 Å². The van der Waals surface area contributed by atoms with Gasteiger partial charge in [0.25, 0.3) is 5.56 Å². The van der Waals surface area contributed by atoms with Crippen molar-refractivity contribution in [3.63, 3.8) is 0 Å². The zero-order valence-electron chi connectivity index (χ0n) is 16.2. The number of hydrogen-bond donors (Lipinski definition) is 1. The highest BCUT2D eigenvalue weighted by atomic mass is 32.1. The maximum absolute atomic E-state index is 12.6. The fourth-order valence-electron chi connectivity index (χ4n) is 3.60. The molecule has 1 aromatic carbocycles. The Balaban J connectivity index is 1.44. The highest BCUT2D eigenvalue weighted by molar-refractivity contribution is 7.07. The molecule has 1 aliphatic rings. The second-order valence-corrected chi connectivity index (χ2v) is 8.19. The molecule has 1 saturated heterocycles. The summed E-state index contributed by atoms with van der Waals surface area (Å²) in [4.78, 5) is 25.8. The van der Waals surface area contributed by atoms with Crippen LogP contribution in [0.25, 0.3) is 10.9 Å². The Morgan fingerprint density at radius 1 is 1.18 bits per heavy atom. The van der Waals surface area contributed by atoms with Gasteiger partial charge in [-0.15, -0.1) is 11.3 Å². The summed E-state index contributed by atoms with van der Waals surface area (Å²) in [6.45, 7) is 8.06. The van der Waals surface area contributed by atoms with E-state index in [4.69, 9.17) is 0 Å². The molecular formula is C20H25N5O2S. The van der Waals surface area contributed by atoms with Gasteiger partial charge in [0.2, 0.25) is 0 Å². The zero-order chi connectivity index (χ0) is 19.7. The number of rotatable bonds is 5. The van der Waals surface area contributed by atoms with Crippen LogP contribution in [0.3, 0.4) is 0 Å². The van der Waals surface area contributed by atoms with Crippen LogP contribution in [0.2, 0.25) is 0 Å². The number of fused-ring (bicyclic) bond motifs is 1. The van der Waals surface area contributed by atoms with Crippen LogP contribution in [-0.4, -0.2) is 57.3 Å². The summed E-state index contributed by atoms with van der Waals surface area (Å²) in [6.07, 6.45) is 1.10. The molecule has 0 radical (unpaired) electrons. The Bertz CT molecular complexity index is 993. The average molecular weight is 400 g/mol. The number of aliphatic hydroxyl groups is 1. The Morgan fingerprint density at radius 3 is 2.64 bits per heavy atom. The summed E-state index contributed by atoms with van der Waals surface area (Å²) in [5.74, 6) is 0. The van der Waals surface area contributed by atoms with Gasteiger partial charge in [0, 0.05) is 49.8 Å². The lowest BCUT2D eigenvalue weighted by Gasteiger charge is -2.36. The third-order valence-electron chi connectivity index (χ3n) is 5.29. The highest BCUT2D eigenvalue weighted by Gasteiger charge is 2.21. The van der Waals surface area contributed by atoms with Crippen LogP contribution in [0.1, 0.15) is 31.7 Å². The third kappa shape index (κ3) is 3.80. The summed E-state index contributed by atoms with van der Waals surface area (Å²) in [6, 6.07) is 5.99. The van der Waals surface area contributed by atoms with Crippen molar-refractivity contribution in [2.24, 2.45) is 0 Å². The highest BCUT2D eigenvalue weighted by Crippen LogP contribution is 2.22. The van der Waals surface area contributed by atoms with Gasteiger partial charge in [-0.25, -0.2) is 9.97 Å². The summed E-state index contributed by atoms with van der Waals surface area (Å²) in [5, 5.41) is 12.9. The number of thiazole rings is 1. The second kappa shape index (κ2) is 7.98. The molecule has 4 rings (SSSR count). The van der Waals surface area contributed by atoms with E-state index in [1.54, 1.807) is 16.4 Å². The lowest BCUT2D eigenvalue weighted by atomic mass is 10.1. The minimum absolute atomic E-state index is 0.00685. The molecule has 2 aromatic heterocycles. The van der Waals surface area contributed by atoms with Crippen LogP contribution >= 0.6 is 11.3 Å². The molecule has 0 amide bonds. The Kier molecular flexibility index (Phi) is 5.43. The maximum Gasteiger partial charge on any atom is 0.261 e. The van der Waals surface area contributed by atoms with E-state index in [9.17, 15) is 9.90 Å². The lowest BCUT2D eigenvalue weighted by molar-refractivity contribution is 0.107. The molecular weight excluding hydrogens is 374 g/mol. The minimum atomic E-state index is -0.536. The number of anilines is 1. The van der Waals surface area contributed by atoms with E-state index in [1.807, 2.05) is 37.4 Å². The van der Waals surface area contributed by atoms with Crippen molar-refractivity contribution in [1.82, 2.24) is 19.4 Å². The number of nitrogens with zero attached hydrogens (tertiary/aromatic N) is 5. The van der Waals surface area contributed by atoms with Crippen molar-refractivity contribution in [2.45, 2.75) is 26.0 Å². The molecule has 0 saturated carbocycles. The fourth-order valence-corrected chi connectivity index (χ4v) is 4.20. The molecule has 7 nitrogen and oxygen atoms in total. The minimum Gasteiger partial charge on any atom is -0.385 e. The molecule has 1 aliphatic heterocycles. The molecule has 0 spiro atoms. The van der Waals surface area contributed by atoms with E-state index < -0.39 is 6.10 Å². The van der Waals surface area contributed by atoms with E-state index >= 15 is 0 Å². The maximum atomic E-state index is 12.6. The molecule has 0 aliphatic carbocycles. The summed E-state index contributed by atoms with van der Waals surface area (Å²) in [5.41, 5.74) is 4.33. The monoisotopic (exact) mass is 399 g/mol. The fraction of sp³-hybridized carbons (Fsp3) is 0.450. The standard InChI is InChI=1S/C20H25N5O2S/c1-14(2)25-12-21-17-9-15(3-4-16(17)20(25)27)24-7-5-23(6-8-24)10-19(26)18-11-28-13-22-18/h3-4,9,11-14,19,26H,5-8,10H2,1-2H3. The van der Waals surface area contributed by atoms with Crippen LogP contribution in [0.15, 0.2) is 40.2 Å². The van der Waals surface area contributed by atoms with Crippen LogP contribution in [0.5, 0.6) is 0 Å². The number of β-amino-alcohol motifs (C(OH)–C–C–N with tert-alkyl or cyclic N) is 1. The van der Waals surface area contributed by atoms with Crippen molar-refractivity contribution in [3.8, 4) is 0 Å². The van der Waals surface area contributed by atoms with Crippen LogP contribution in [-0.2, 0) is 0 Å². The van der Waals surface area contributed by atoms with Gasteiger partial charge in [-0.2, -0.15) is 0 Å². The lowest BCUT2D eigenvalue weighted by Crippen LogP contribution is -2.47. The van der Waals surface area contributed by atoms with Gasteiger partial charge >= 0.3 is 0 Å². The quantitative estimate of drug-likeness (QED) is 0.710. The summed E-state index contributed by atoms with van der Waals surface area (Å²) >= 11 is 1.50. The first-order valence-corrected chi connectivity index (χ1v) is 10.5. The first-order chi connectivity index (χ1) is 13.5. The number of aliphatic hydroxyl groups excluding tert-OH is 1. The van der Waals surface area contributed by atoms with E-state index in [0.29, 0.717) is 11.9 Å². The molecule has 1 unspecified atom stereocenters. The smallest absolute Gasteiger partial charge is 0.261 e. The predicted octanol–water partition coefficient (Wildman–Crippen LogP) is 2.29. The van der Waals surface area contributed by atoms with Gasteiger partial charge in [0.1, 0.15) is 6.10 Å². The average Bonchev–Trinajstić information content (AvgIpc) is 3.23. The first kappa shape index (κ1) is 19.0. The predicted molar refractivity (Wildman–Crippen MR) is 112 cm³/mol. The topological polar surface area (TPSA) is 74.5 Å². The molecule has 1 fully saturated rings. The molecule has 0 bridgehead atoms. The number of hydrogen-bond acceptors (Lipinski definition) is 7. The normalized spacial score (nSPS) is 16.8. The molecule has 1 N–H and O–H groups in total. The first-order valence-electron chi connectivity index (χ1n) is 9.57. The second-order valence-electron chi connectivity index (χ2n) is 7.47. The van der Waals surface area contributed by atoms with Gasteiger partial charge in [-0.1, -0.05) is 0 Å². The van der Waals surface area contributed by atoms with E-state index in [-0.39, 0.29) is 11.6 Å².